The van der Waals surface area contributed by atoms with Crippen LogP contribution in [0.15, 0.2) is 34.9 Å². The summed E-state index contributed by atoms with van der Waals surface area (Å²) in [4.78, 5) is 36.3. The molecule has 0 fully saturated rings. The van der Waals surface area contributed by atoms with Gasteiger partial charge in [0.25, 0.3) is 5.91 Å². The van der Waals surface area contributed by atoms with E-state index < -0.39 is 10.8 Å². The normalized spacial score (nSPS) is 10.4. The predicted octanol–water partition coefficient (Wildman–Crippen LogP) is 2.67. The van der Waals surface area contributed by atoms with E-state index in [-0.39, 0.29) is 22.7 Å². The van der Waals surface area contributed by atoms with Crippen LogP contribution in [0.2, 0.25) is 0 Å². The molecule has 0 aliphatic rings. The van der Waals surface area contributed by atoms with Gasteiger partial charge in [0.05, 0.1) is 11.3 Å². The molecule has 1 aromatic heterocycles. The van der Waals surface area contributed by atoms with Crippen LogP contribution in [-0.4, -0.2) is 44.5 Å². The number of benzene rings is 1. The minimum absolute atomic E-state index is 0.113. The van der Waals surface area contributed by atoms with Gasteiger partial charge in [-0.05, 0) is 52.9 Å². The number of carbonyl (C=O) groups excluding carboxylic acids is 2. The van der Waals surface area contributed by atoms with Crippen molar-refractivity contribution in [3.8, 4) is 0 Å². The van der Waals surface area contributed by atoms with Gasteiger partial charge in [-0.3, -0.25) is 9.59 Å². The zero-order chi connectivity index (χ0) is 19.3. The van der Waals surface area contributed by atoms with Crippen molar-refractivity contribution in [1.82, 2.24) is 14.7 Å². The van der Waals surface area contributed by atoms with Gasteiger partial charge in [0.1, 0.15) is 11.0 Å². The van der Waals surface area contributed by atoms with E-state index in [0.717, 1.165) is 0 Å². The molecule has 2 rings (SSSR count). The summed E-state index contributed by atoms with van der Waals surface area (Å²) < 4.78 is 1.37. The van der Waals surface area contributed by atoms with Crippen molar-refractivity contribution in [3.63, 3.8) is 0 Å². The van der Waals surface area contributed by atoms with E-state index in [9.17, 15) is 19.7 Å². The Morgan fingerprint density at radius 1 is 1.35 bits per heavy atom. The molecule has 0 atom stereocenters. The Balaban J connectivity index is 2.07. The summed E-state index contributed by atoms with van der Waals surface area (Å²) in [5, 5.41) is 17.2. The van der Waals surface area contributed by atoms with Gasteiger partial charge >= 0.3 is 5.82 Å². The third-order valence-electron chi connectivity index (χ3n) is 3.62. The highest BCUT2D eigenvalue weighted by Crippen LogP contribution is 2.22. The van der Waals surface area contributed by atoms with Crippen molar-refractivity contribution >= 4 is 39.2 Å². The number of amides is 2. The fourth-order valence-electron chi connectivity index (χ4n) is 2.36. The van der Waals surface area contributed by atoms with Gasteiger partial charge in [-0.15, -0.1) is 0 Å². The van der Waals surface area contributed by atoms with Crippen LogP contribution >= 0.6 is 15.9 Å². The molecule has 0 aliphatic carbocycles. The summed E-state index contributed by atoms with van der Waals surface area (Å²) in [7, 11) is 0. The predicted molar refractivity (Wildman–Crippen MR) is 98.9 cm³/mol. The molecule has 1 aromatic carbocycles. The number of halogens is 1. The number of carbonyl (C=O) groups is 2. The van der Waals surface area contributed by atoms with Crippen LogP contribution in [0.3, 0.4) is 0 Å². The van der Waals surface area contributed by atoms with Crippen molar-refractivity contribution in [3.05, 3.63) is 50.6 Å². The molecule has 138 valence electrons. The smallest absolute Gasteiger partial charge is 0.358 e. The molecule has 26 heavy (non-hydrogen) atoms. The molecule has 9 nitrogen and oxygen atoms in total. The van der Waals surface area contributed by atoms with Crippen molar-refractivity contribution in [1.29, 1.82) is 0 Å². The Bertz CT molecular complexity index is 832. The molecule has 2 amide bonds. The number of hydrogen-bond donors (Lipinski definition) is 1. The summed E-state index contributed by atoms with van der Waals surface area (Å²) in [6.07, 6.45) is 1.36. The van der Waals surface area contributed by atoms with E-state index in [1.807, 2.05) is 13.8 Å². The Morgan fingerprint density at radius 3 is 2.62 bits per heavy atom. The summed E-state index contributed by atoms with van der Waals surface area (Å²) in [5.74, 6) is -0.885. The number of anilines is 1. The van der Waals surface area contributed by atoms with Crippen molar-refractivity contribution in [2.45, 2.75) is 20.4 Å². The van der Waals surface area contributed by atoms with Gasteiger partial charge in [-0.1, -0.05) is 6.07 Å². The molecule has 1 heterocycles. The minimum Gasteiger partial charge on any atom is -0.358 e. The highest BCUT2D eigenvalue weighted by molar-refractivity contribution is 9.10. The molecule has 0 unspecified atom stereocenters. The summed E-state index contributed by atoms with van der Waals surface area (Å²) in [6, 6.07) is 6.63. The maximum Gasteiger partial charge on any atom is 0.404 e. The summed E-state index contributed by atoms with van der Waals surface area (Å²) in [5.41, 5.74) is 0.942. The van der Waals surface area contributed by atoms with E-state index in [2.05, 4.69) is 26.3 Å². The van der Waals surface area contributed by atoms with Crippen molar-refractivity contribution in [2.24, 2.45) is 0 Å². The Hall–Kier alpha value is -2.75. The van der Waals surface area contributed by atoms with Gasteiger partial charge in [-0.25, -0.2) is 0 Å². The Kier molecular flexibility index (Phi) is 6.45. The minimum atomic E-state index is -0.638. The average Bonchev–Trinajstić information content (AvgIpc) is 2.96. The SMILES string of the molecule is CCN(CC)C(=O)c1cccc(NC(=O)Cn2cc(Br)c([N+](=O)[O-])n2)c1. The van der Waals surface area contributed by atoms with Crippen LogP contribution in [0, 0.1) is 10.1 Å². The van der Waals surface area contributed by atoms with Crippen LogP contribution in [-0.2, 0) is 11.3 Å². The van der Waals surface area contributed by atoms with Crippen LogP contribution < -0.4 is 5.32 Å². The third kappa shape index (κ3) is 4.66. The molecule has 0 bridgehead atoms. The van der Waals surface area contributed by atoms with E-state index in [0.29, 0.717) is 24.3 Å². The molecular formula is C16H18BrN5O4. The third-order valence-corrected chi connectivity index (χ3v) is 4.18. The zero-order valence-corrected chi connectivity index (χ0v) is 15.9. The number of rotatable bonds is 7. The lowest BCUT2D eigenvalue weighted by molar-refractivity contribution is -0.390. The number of nitro groups is 1. The molecular weight excluding hydrogens is 406 g/mol. The molecule has 0 saturated heterocycles. The lowest BCUT2D eigenvalue weighted by Crippen LogP contribution is -2.30. The Labute approximate surface area is 158 Å². The standard InChI is InChI=1S/C16H18BrN5O4/c1-3-20(4-2)16(24)11-6-5-7-12(8-11)18-14(23)10-21-9-13(17)15(19-21)22(25)26/h5-9H,3-4,10H2,1-2H3,(H,18,23). The lowest BCUT2D eigenvalue weighted by Gasteiger charge is -2.19. The first kappa shape index (κ1) is 19.6. The summed E-state index contributed by atoms with van der Waals surface area (Å²) >= 11 is 3.03. The lowest BCUT2D eigenvalue weighted by atomic mass is 10.1. The van der Waals surface area contributed by atoms with Crippen molar-refractivity contribution in [2.75, 3.05) is 18.4 Å². The molecule has 0 spiro atoms. The number of hydrogen-bond acceptors (Lipinski definition) is 5. The second kappa shape index (κ2) is 8.56. The van der Waals surface area contributed by atoms with Crippen molar-refractivity contribution < 1.29 is 14.5 Å². The van der Waals surface area contributed by atoms with Gasteiger partial charge < -0.3 is 20.3 Å². The number of nitrogens with zero attached hydrogens (tertiary/aromatic N) is 4. The van der Waals surface area contributed by atoms with Gasteiger partial charge in [-0.2, -0.15) is 4.68 Å². The molecule has 10 heteroatoms. The van der Waals surface area contributed by atoms with E-state index in [4.69, 9.17) is 0 Å². The quantitative estimate of drug-likeness (QED) is 0.543. The van der Waals surface area contributed by atoms with Crippen LogP contribution in [0.5, 0.6) is 0 Å². The van der Waals surface area contributed by atoms with Gasteiger partial charge in [0.2, 0.25) is 5.91 Å². The molecule has 2 aromatic rings. The van der Waals surface area contributed by atoms with Crippen LogP contribution in [0.4, 0.5) is 11.5 Å². The highest BCUT2D eigenvalue weighted by Gasteiger charge is 2.20. The largest absolute Gasteiger partial charge is 0.404 e. The van der Waals surface area contributed by atoms with E-state index in [1.165, 1.54) is 10.9 Å². The summed E-state index contributed by atoms with van der Waals surface area (Å²) in [6.45, 7) is 4.79. The van der Waals surface area contributed by atoms with E-state index in [1.54, 1.807) is 29.2 Å². The fraction of sp³-hybridized carbons (Fsp3) is 0.312. The van der Waals surface area contributed by atoms with E-state index >= 15 is 0 Å². The fourth-order valence-corrected chi connectivity index (χ4v) is 2.82. The first-order valence-corrected chi connectivity index (χ1v) is 8.71. The molecule has 0 aliphatic heterocycles. The van der Waals surface area contributed by atoms with Gasteiger partial charge in [0.15, 0.2) is 0 Å². The first-order valence-electron chi connectivity index (χ1n) is 7.92. The topological polar surface area (TPSA) is 110 Å². The van der Waals surface area contributed by atoms with Crippen LogP contribution in [0.25, 0.3) is 0 Å². The molecule has 0 radical (unpaired) electrons. The highest BCUT2D eigenvalue weighted by atomic mass is 79.9. The number of nitrogens with one attached hydrogen (secondary N) is 1. The second-order valence-corrected chi connectivity index (χ2v) is 6.22. The monoisotopic (exact) mass is 423 g/mol. The molecule has 1 N–H and O–H groups in total. The second-order valence-electron chi connectivity index (χ2n) is 5.36. The Morgan fingerprint density at radius 2 is 2.04 bits per heavy atom. The first-order chi connectivity index (χ1) is 12.3. The number of aromatic nitrogens is 2. The van der Waals surface area contributed by atoms with Crippen LogP contribution in [0.1, 0.15) is 24.2 Å². The van der Waals surface area contributed by atoms with Gasteiger partial charge in [0, 0.05) is 24.3 Å². The maximum absolute atomic E-state index is 12.4. The molecule has 0 saturated carbocycles. The maximum atomic E-state index is 12.4. The average molecular weight is 424 g/mol. The zero-order valence-electron chi connectivity index (χ0n) is 14.3.